The largest absolute Gasteiger partial charge is 0.323 e. The van der Waals surface area contributed by atoms with Crippen LogP contribution in [0.2, 0.25) is 5.02 Å². The summed E-state index contributed by atoms with van der Waals surface area (Å²) in [7, 11) is 0. The number of benzene rings is 1. The zero-order valence-electron chi connectivity index (χ0n) is 11.8. The van der Waals surface area contributed by atoms with Crippen LogP contribution < -0.4 is 5.32 Å². The molecular formula is C16H15ClN2O3. The third kappa shape index (κ3) is 2.64. The summed E-state index contributed by atoms with van der Waals surface area (Å²) in [6.45, 7) is -0.268. The van der Waals surface area contributed by atoms with Gasteiger partial charge in [-0.25, -0.2) is 0 Å². The highest BCUT2D eigenvalue weighted by Gasteiger charge is 2.47. The van der Waals surface area contributed by atoms with Crippen molar-refractivity contribution in [3.05, 3.63) is 41.4 Å². The molecule has 2 atom stereocenters. The molecule has 114 valence electrons. The van der Waals surface area contributed by atoms with Crippen LogP contribution in [-0.2, 0) is 14.4 Å². The van der Waals surface area contributed by atoms with E-state index >= 15 is 0 Å². The number of carbonyl (C=O) groups is 3. The van der Waals surface area contributed by atoms with Crippen molar-refractivity contribution in [1.82, 2.24) is 4.90 Å². The van der Waals surface area contributed by atoms with Gasteiger partial charge in [-0.15, -0.1) is 0 Å². The summed E-state index contributed by atoms with van der Waals surface area (Å²) in [5.41, 5.74) is 0.465. The number of halogens is 1. The summed E-state index contributed by atoms with van der Waals surface area (Å²) < 4.78 is 0. The number of fused-ring (bicyclic) bond motifs is 1. The summed E-state index contributed by atoms with van der Waals surface area (Å²) in [6.07, 6.45) is 4.97. The number of rotatable bonds is 3. The van der Waals surface area contributed by atoms with E-state index in [1.54, 1.807) is 24.3 Å². The number of nitrogens with one attached hydrogen (secondary N) is 1. The Morgan fingerprint density at radius 3 is 2.32 bits per heavy atom. The van der Waals surface area contributed by atoms with Crippen molar-refractivity contribution in [3.8, 4) is 0 Å². The smallest absolute Gasteiger partial charge is 0.244 e. The minimum atomic E-state index is -0.429. The maximum Gasteiger partial charge on any atom is 0.244 e. The van der Waals surface area contributed by atoms with Crippen LogP contribution >= 0.6 is 11.6 Å². The molecule has 1 aromatic rings. The fourth-order valence-corrected chi connectivity index (χ4v) is 3.10. The van der Waals surface area contributed by atoms with Gasteiger partial charge in [-0.2, -0.15) is 0 Å². The van der Waals surface area contributed by atoms with Gasteiger partial charge in [-0.05, 0) is 25.0 Å². The van der Waals surface area contributed by atoms with E-state index < -0.39 is 5.91 Å². The number of amides is 3. The Balaban J connectivity index is 1.68. The lowest BCUT2D eigenvalue weighted by molar-refractivity contribution is -0.142. The Morgan fingerprint density at radius 1 is 1.14 bits per heavy atom. The molecule has 0 aromatic heterocycles. The SMILES string of the molecule is O=C(CN1C(=O)[C@H]2CC=CC[C@H]2C1=O)Nc1ccccc1Cl. The van der Waals surface area contributed by atoms with E-state index in [9.17, 15) is 14.4 Å². The predicted molar refractivity (Wildman–Crippen MR) is 82.2 cm³/mol. The first-order chi connectivity index (χ1) is 10.6. The third-order valence-electron chi connectivity index (χ3n) is 4.05. The van der Waals surface area contributed by atoms with Gasteiger partial charge in [-0.3, -0.25) is 19.3 Å². The zero-order valence-corrected chi connectivity index (χ0v) is 12.5. The maximum absolute atomic E-state index is 12.3. The molecular weight excluding hydrogens is 304 g/mol. The summed E-state index contributed by atoms with van der Waals surface area (Å²) in [5, 5.41) is 3.04. The molecule has 1 N–H and O–H groups in total. The Bertz CT molecular complexity index is 645. The number of imide groups is 1. The summed E-state index contributed by atoms with van der Waals surface area (Å²) in [4.78, 5) is 37.7. The highest BCUT2D eigenvalue weighted by Crippen LogP contribution is 2.34. The lowest BCUT2D eigenvalue weighted by atomic mass is 9.85. The van der Waals surface area contributed by atoms with Crippen LogP contribution in [0.3, 0.4) is 0 Å². The lowest BCUT2D eigenvalue weighted by Gasteiger charge is -2.14. The first-order valence-electron chi connectivity index (χ1n) is 7.12. The highest BCUT2D eigenvalue weighted by atomic mass is 35.5. The lowest BCUT2D eigenvalue weighted by Crippen LogP contribution is -2.38. The Morgan fingerprint density at radius 2 is 1.73 bits per heavy atom. The number of nitrogens with zero attached hydrogens (tertiary/aromatic N) is 1. The van der Waals surface area contributed by atoms with Crippen LogP contribution in [0.4, 0.5) is 5.69 Å². The fraction of sp³-hybridized carbons (Fsp3) is 0.312. The van der Waals surface area contributed by atoms with E-state index in [1.165, 1.54) is 0 Å². The van der Waals surface area contributed by atoms with Crippen molar-refractivity contribution in [2.75, 3.05) is 11.9 Å². The van der Waals surface area contributed by atoms with Gasteiger partial charge in [-0.1, -0.05) is 35.9 Å². The molecule has 1 aliphatic heterocycles. The van der Waals surface area contributed by atoms with Crippen molar-refractivity contribution >= 4 is 35.0 Å². The van der Waals surface area contributed by atoms with Gasteiger partial charge in [0.15, 0.2) is 0 Å². The molecule has 6 heteroatoms. The van der Waals surface area contributed by atoms with Gasteiger partial charge in [0.05, 0.1) is 22.5 Å². The summed E-state index contributed by atoms with van der Waals surface area (Å²) in [6, 6.07) is 6.82. The number of carbonyl (C=O) groups excluding carboxylic acids is 3. The molecule has 3 amide bonds. The highest BCUT2D eigenvalue weighted by molar-refractivity contribution is 6.33. The van der Waals surface area contributed by atoms with Gasteiger partial charge in [0.25, 0.3) is 0 Å². The Labute approximate surface area is 132 Å². The minimum absolute atomic E-state index is 0.256. The van der Waals surface area contributed by atoms with Crippen LogP contribution in [-0.4, -0.2) is 29.2 Å². The van der Waals surface area contributed by atoms with Crippen molar-refractivity contribution in [2.24, 2.45) is 11.8 Å². The number of allylic oxidation sites excluding steroid dienone is 2. The van der Waals surface area contributed by atoms with Crippen LogP contribution in [0.5, 0.6) is 0 Å². The first-order valence-corrected chi connectivity index (χ1v) is 7.50. The van der Waals surface area contributed by atoms with Crippen LogP contribution in [0.1, 0.15) is 12.8 Å². The topological polar surface area (TPSA) is 66.5 Å². The second kappa shape index (κ2) is 5.93. The van der Waals surface area contributed by atoms with Gasteiger partial charge < -0.3 is 5.32 Å². The maximum atomic E-state index is 12.3. The van der Waals surface area contributed by atoms with Crippen molar-refractivity contribution in [2.45, 2.75) is 12.8 Å². The van der Waals surface area contributed by atoms with Crippen LogP contribution in [0.25, 0.3) is 0 Å². The molecule has 0 radical (unpaired) electrons. The van der Waals surface area contributed by atoms with E-state index in [4.69, 9.17) is 11.6 Å². The van der Waals surface area contributed by atoms with Crippen LogP contribution in [0.15, 0.2) is 36.4 Å². The average molecular weight is 319 g/mol. The predicted octanol–water partition coefficient (Wildman–Crippen LogP) is 2.23. The van der Waals surface area contributed by atoms with E-state index in [-0.39, 0.29) is 30.2 Å². The van der Waals surface area contributed by atoms with E-state index in [0.29, 0.717) is 23.6 Å². The quantitative estimate of drug-likeness (QED) is 0.686. The number of hydrogen-bond donors (Lipinski definition) is 1. The zero-order chi connectivity index (χ0) is 15.7. The fourth-order valence-electron chi connectivity index (χ4n) is 2.92. The second-order valence-corrected chi connectivity index (χ2v) is 5.85. The molecule has 1 saturated heterocycles. The molecule has 1 aliphatic carbocycles. The van der Waals surface area contributed by atoms with Gasteiger partial charge in [0, 0.05) is 0 Å². The average Bonchev–Trinajstić information content (AvgIpc) is 2.75. The Hall–Kier alpha value is -2.14. The van der Waals surface area contributed by atoms with Gasteiger partial charge in [0.2, 0.25) is 17.7 Å². The number of anilines is 1. The normalized spacial score (nSPS) is 23.6. The molecule has 0 bridgehead atoms. The van der Waals surface area contributed by atoms with E-state index in [2.05, 4.69) is 5.32 Å². The van der Waals surface area contributed by atoms with Crippen molar-refractivity contribution in [3.63, 3.8) is 0 Å². The van der Waals surface area contributed by atoms with Crippen molar-refractivity contribution < 1.29 is 14.4 Å². The molecule has 1 heterocycles. The number of para-hydroxylation sites is 1. The molecule has 3 rings (SSSR count). The standard InChI is InChI=1S/C16H15ClN2O3/c17-12-7-3-4-8-13(12)18-14(20)9-19-15(21)10-5-1-2-6-11(10)16(19)22/h1-4,7-8,10-11H,5-6,9H2,(H,18,20)/t10-,11+. The van der Waals surface area contributed by atoms with Gasteiger partial charge in [0.1, 0.15) is 6.54 Å². The van der Waals surface area contributed by atoms with Gasteiger partial charge >= 0.3 is 0 Å². The molecule has 5 nitrogen and oxygen atoms in total. The van der Waals surface area contributed by atoms with Crippen molar-refractivity contribution in [1.29, 1.82) is 0 Å². The summed E-state index contributed by atoms with van der Waals surface area (Å²) >= 11 is 5.97. The Kier molecular flexibility index (Phi) is 3.98. The minimum Gasteiger partial charge on any atom is -0.323 e. The first kappa shape index (κ1) is 14.8. The number of hydrogen-bond acceptors (Lipinski definition) is 3. The summed E-state index contributed by atoms with van der Waals surface area (Å²) in [5.74, 6) is -1.57. The molecule has 2 aliphatic rings. The molecule has 1 fully saturated rings. The second-order valence-electron chi connectivity index (χ2n) is 5.45. The number of likely N-dealkylation sites (tertiary alicyclic amines) is 1. The molecule has 0 spiro atoms. The molecule has 0 unspecified atom stereocenters. The molecule has 22 heavy (non-hydrogen) atoms. The van der Waals surface area contributed by atoms with E-state index in [1.807, 2.05) is 12.2 Å². The van der Waals surface area contributed by atoms with E-state index in [0.717, 1.165) is 4.90 Å². The molecule has 0 saturated carbocycles. The molecule has 1 aromatic carbocycles. The monoisotopic (exact) mass is 318 g/mol. The van der Waals surface area contributed by atoms with Crippen LogP contribution in [0, 0.1) is 11.8 Å². The third-order valence-corrected chi connectivity index (χ3v) is 4.38.